The van der Waals surface area contributed by atoms with Crippen LogP contribution < -0.4 is 15.0 Å². The number of nitrogens with one attached hydrogen (secondary N) is 1. The smallest absolute Gasteiger partial charge is 0.326 e. The van der Waals surface area contributed by atoms with Gasteiger partial charge in [0, 0.05) is 5.69 Å². The molecule has 0 spiro atoms. The van der Waals surface area contributed by atoms with Crippen molar-refractivity contribution in [1.82, 2.24) is 0 Å². The zero-order valence-electron chi connectivity index (χ0n) is 14.7. The van der Waals surface area contributed by atoms with E-state index in [0.717, 1.165) is 40.2 Å². The standard InChI is InChI=1S/C20H24N2O2/c1-5-16-12-22(18-11-14(3)7-9-19(18)24-16)20(23)21-17-10-13(2)6-8-15(17)4/h6-11,16H,5,12H2,1-4H3,(H,21,23)/t16-/m0/s1. The van der Waals surface area contributed by atoms with E-state index in [2.05, 4.69) is 12.2 Å². The maximum Gasteiger partial charge on any atom is 0.326 e. The monoisotopic (exact) mass is 324 g/mol. The highest BCUT2D eigenvalue weighted by Crippen LogP contribution is 2.35. The molecule has 126 valence electrons. The first-order valence-corrected chi connectivity index (χ1v) is 8.41. The topological polar surface area (TPSA) is 41.6 Å². The van der Waals surface area contributed by atoms with Gasteiger partial charge in [0.05, 0.1) is 12.2 Å². The van der Waals surface area contributed by atoms with Crippen LogP contribution in [-0.4, -0.2) is 18.7 Å². The van der Waals surface area contributed by atoms with E-state index in [-0.39, 0.29) is 12.1 Å². The molecule has 0 bridgehead atoms. The van der Waals surface area contributed by atoms with Gasteiger partial charge in [-0.25, -0.2) is 4.79 Å². The zero-order chi connectivity index (χ0) is 17.3. The maximum absolute atomic E-state index is 12.9. The lowest BCUT2D eigenvalue weighted by atomic mass is 10.1. The number of hydrogen-bond acceptors (Lipinski definition) is 2. The molecule has 0 saturated heterocycles. The van der Waals surface area contributed by atoms with Crippen LogP contribution in [0.15, 0.2) is 36.4 Å². The number of urea groups is 1. The van der Waals surface area contributed by atoms with E-state index >= 15 is 0 Å². The second kappa shape index (κ2) is 6.56. The molecule has 3 rings (SSSR count). The first kappa shape index (κ1) is 16.4. The van der Waals surface area contributed by atoms with Crippen molar-refractivity contribution in [3.8, 4) is 5.75 Å². The summed E-state index contributed by atoms with van der Waals surface area (Å²) in [5, 5.41) is 3.06. The summed E-state index contributed by atoms with van der Waals surface area (Å²) in [4.78, 5) is 14.7. The van der Waals surface area contributed by atoms with E-state index in [4.69, 9.17) is 4.74 Å². The quantitative estimate of drug-likeness (QED) is 0.860. The molecule has 0 saturated carbocycles. The van der Waals surface area contributed by atoms with E-state index in [0.29, 0.717) is 6.54 Å². The van der Waals surface area contributed by atoms with Gasteiger partial charge >= 0.3 is 6.03 Å². The number of amides is 2. The van der Waals surface area contributed by atoms with Gasteiger partial charge in [-0.05, 0) is 62.1 Å². The van der Waals surface area contributed by atoms with Gasteiger partial charge in [-0.1, -0.05) is 25.1 Å². The molecule has 2 aromatic rings. The average molecular weight is 324 g/mol. The average Bonchev–Trinajstić information content (AvgIpc) is 2.57. The predicted octanol–water partition coefficient (Wildman–Crippen LogP) is 4.82. The second-order valence-electron chi connectivity index (χ2n) is 6.48. The van der Waals surface area contributed by atoms with Gasteiger partial charge in [-0.2, -0.15) is 0 Å². The molecular formula is C20H24N2O2. The van der Waals surface area contributed by atoms with Gasteiger partial charge in [0.1, 0.15) is 11.9 Å². The van der Waals surface area contributed by atoms with Crippen LogP contribution in [0, 0.1) is 20.8 Å². The summed E-state index contributed by atoms with van der Waals surface area (Å²) in [5.41, 5.74) is 4.98. The fraction of sp³-hybridized carbons (Fsp3) is 0.350. The van der Waals surface area contributed by atoms with Crippen molar-refractivity contribution in [2.45, 2.75) is 40.2 Å². The van der Waals surface area contributed by atoms with Crippen molar-refractivity contribution in [2.24, 2.45) is 0 Å². The Labute approximate surface area is 143 Å². The molecule has 1 aliphatic heterocycles. The maximum atomic E-state index is 12.9. The van der Waals surface area contributed by atoms with E-state index in [1.165, 1.54) is 0 Å². The molecule has 1 N–H and O–H groups in total. The Hall–Kier alpha value is -2.49. The Balaban J connectivity index is 1.91. The number of nitrogens with zero attached hydrogens (tertiary/aromatic N) is 1. The van der Waals surface area contributed by atoms with Crippen molar-refractivity contribution in [2.75, 3.05) is 16.8 Å². The predicted molar refractivity (Wildman–Crippen MR) is 98.2 cm³/mol. The fourth-order valence-electron chi connectivity index (χ4n) is 2.91. The van der Waals surface area contributed by atoms with Crippen LogP contribution >= 0.6 is 0 Å². The van der Waals surface area contributed by atoms with E-state index in [1.807, 2.05) is 57.2 Å². The van der Waals surface area contributed by atoms with Crippen LogP contribution in [0.1, 0.15) is 30.0 Å². The first-order chi connectivity index (χ1) is 11.5. The third-order valence-electron chi connectivity index (χ3n) is 4.42. The van der Waals surface area contributed by atoms with Crippen LogP contribution in [-0.2, 0) is 0 Å². The van der Waals surface area contributed by atoms with Gasteiger partial charge < -0.3 is 10.1 Å². The van der Waals surface area contributed by atoms with Crippen LogP contribution in [0.25, 0.3) is 0 Å². The Morgan fingerprint density at radius 3 is 2.62 bits per heavy atom. The van der Waals surface area contributed by atoms with Gasteiger partial charge in [0.15, 0.2) is 0 Å². The van der Waals surface area contributed by atoms with E-state index < -0.39 is 0 Å². The number of benzene rings is 2. The first-order valence-electron chi connectivity index (χ1n) is 8.41. The molecule has 2 aromatic carbocycles. The number of carbonyl (C=O) groups is 1. The molecule has 0 radical (unpaired) electrons. The highest BCUT2D eigenvalue weighted by Gasteiger charge is 2.29. The summed E-state index contributed by atoms with van der Waals surface area (Å²) in [6.07, 6.45) is 0.880. The SMILES string of the molecule is CC[C@H]1CN(C(=O)Nc2cc(C)ccc2C)c2cc(C)ccc2O1. The van der Waals surface area contributed by atoms with E-state index in [9.17, 15) is 4.79 Å². The minimum atomic E-state index is -0.114. The van der Waals surface area contributed by atoms with Crippen molar-refractivity contribution in [1.29, 1.82) is 0 Å². The number of rotatable bonds is 2. The lowest BCUT2D eigenvalue weighted by Crippen LogP contribution is -2.45. The molecule has 4 nitrogen and oxygen atoms in total. The van der Waals surface area contributed by atoms with Crippen LogP contribution in [0.4, 0.5) is 16.2 Å². The molecule has 0 unspecified atom stereocenters. The Bertz CT molecular complexity index is 770. The van der Waals surface area contributed by atoms with Gasteiger partial charge in [0.2, 0.25) is 0 Å². The molecule has 0 fully saturated rings. The number of aryl methyl sites for hydroxylation is 3. The summed E-state index contributed by atoms with van der Waals surface area (Å²) in [6, 6.07) is 11.9. The highest BCUT2D eigenvalue weighted by molar-refractivity contribution is 6.03. The molecule has 2 amide bonds. The normalized spacial score (nSPS) is 16.3. The van der Waals surface area contributed by atoms with Gasteiger partial charge in [-0.15, -0.1) is 0 Å². The van der Waals surface area contributed by atoms with Crippen molar-refractivity contribution >= 4 is 17.4 Å². The van der Waals surface area contributed by atoms with Crippen molar-refractivity contribution in [3.63, 3.8) is 0 Å². The lowest BCUT2D eigenvalue weighted by Gasteiger charge is -2.35. The lowest BCUT2D eigenvalue weighted by molar-refractivity contribution is 0.188. The summed E-state index contributed by atoms with van der Waals surface area (Å²) in [7, 11) is 0. The second-order valence-corrected chi connectivity index (χ2v) is 6.48. The third-order valence-corrected chi connectivity index (χ3v) is 4.42. The minimum Gasteiger partial charge on any atom is -0.486 e. The Morgan fingerprint density at radius 1 is 1.17 bits per heavy atom. The number of ether oxygens (including phenoxy) is 1. The van der Waals surface area contributed by atoms with Crippen LogP contribution in [0.3, 0.4) is 0 Å². The molecule has 24 heavy (non-hydrogen) atoms. The van der Waals surface area contributed by atoms with Gasteiger partial charge in [0.25, 0.3) is 0 Å². The summed E-state index contributed by atoms with van der Waals surface area (Å²) < 4.78 is 5.99. The number of hydrogen-bond donors (Lipinski definition) is 1. The molecule has 0 aliphatic carbocycles. The number of fused-ring (bicyclic) bond motifs is 1. The fourth-order valence-corrected chi connectivity index (χ4v) is 2.91. The Morgan fingerprint density at radius 2 is 1.88 bits per heavy atom. The summed E-state index contributed by atoms with van der Waals surface area (Å²) >= 11 is 0. The summed E-state index contributed by atoms with van der Waals surface area (Å²) in [5.74, 6) is 0.773. The van der Waals surface area contributed by atoms with Crippen LogP contribution in [0.5, 0.6) is 5.75 Å². The number of anilines is 2. The molecule has 0 aromatic heterocycles. The summed E-state index contributed by atoms with van der Waals surface area (Å²) in [6.45, 7) is 8.68. The molecule has 1 aliphatic rings. The number of carbonyl (C=O) groups excluding carboxylic acids is 1. The van der Waals surface area contributed by atoms with Crippen LogP contribution in [0.2, 0.25) is 0 Å². The zero-order valence-corrected chi connectivity index (χ0v) is 14.7. The molecule has 4 heteroatoms. The largest absolute Gasteiger partial charge is 0.486 e. The minimum absolute atomic E-state index is 0.0181. The molecule has 1 atom stereocenters. The third kappa shape index (κ3) is 3.23. The van der Waals surface area contributed by atoms with Crippen molar-refractivity contribution < 1.29 is 9.53 Å². The van der Waals surface area contributed by atoms with E-state index in [1.54, 1.807) is 4.90 Å². The molecular weight excluding hydrogens is 300 g/mol. The molecule has 1 heterocycles. The Kier molecular flexibility index (Phi) is 4.47. The van der Waals surface area contributed by atoms with Crippen molar-refractivity contribution in [3.05, 3.63) is 53.1 Å². The van der Waals surface area contributed by atoms with Gasteiger partial charge in [-0.3, -0.25) is 4.90 Å². The highest BCUT2D eigenvalue weighted by atomic mass is 16.5.